The van der Waals surface area contributed by atoms with Crippen molar-refractivity contribution in [3.63, 3.8) is 0 Å². The summed E-state index contributed by atoms with van der Waals surface area (Å²) in [4.78, 5) is 5.97. The first kappa shape index (κ1) is 11.5. The molecule has 4 rings (SSSR count). The molecule has 1 aromatic heterocycles. The molecule has 20 heavy (non-hydrogen) atoms. The zero-order valence-corrected chi connectivity index (χ0v) is 11.9. The number of aromatic nitrogens is 2. The van der Waals surface area contributed by atoms with Gasteiger partial charge in [-0.3, -0.25) is 0 Å². The molecule has 0 saturated carbocycles. The molecule has 0 saturated heterocycles. The molecule has 0 fully saturated rings. The zero-order valence-electron chi connectivity index (χ0n) is 11.9. The van der Waals surface area contributed by atoms with Crippen LogP contribution in [0.3, 0.4) is 0 Å². The number of nitrogens with one attached hydrogen (secondary N) is 1. The third kappa shape index (κ3) is 1.49. The van der Waals surface area contributed by atoms with E-state index in [1.165, 1.54) is 33.8 Å². The van der Waals surface area contributed by atoms with Crippen LogP contribution >= 0.6 is 0 Å². The lowest BCUT2D eigenvalue weighted by molar-refractivity contribution is -0.631. The molecule has 0 bridgehead atoms. The van der Waals surface area contributed by atoms with Crippen LogP contribution in [0.1, 0.15) is 11.1 Å². The maximum absolute atomic E-state index is 3.56. The van der Waals surface area contributed by atoms with Gasteiger partial charge in [0.2, 0.25) is 0 Å². The summed E-state index contributed by atoms with van der Waals surface area (Å²) in [5.41, 5.74) is 6.59. The summed E-state index contributed by atoms with van der Waals surface area (Å²) in [5, 5.41) is 0. The van der Waals surface area contributed by atoms with Gasteiger partial charge in [-0.15, -0.1) is 0 Å². The quantitative estimate of drug-likeness (QED) is 0.671. The molecule has 0 aliphatic carbocycles. The van der Waals surface area contributed by atoms with E-state index in [0.29, 0.717) is 0 Å². The highest BCUT2D eigenvalue weighted by atomic mass is 15.3. The molecule has 0 spiro atoms. The lowest BCUT2D eigenvalue weighted by Gasteiger charge is -2.13. The Morgan fingerprint density at radius 2 is 1.95 bits per heavy atom. The Morgan fingerprint density at radius 3 is 2.80 bits per heavy atom. The van der Waals surface area contributed by atoms with E-state index < -0.39 is 0 Å². The number of anilines is 2. The van der Waals surface area contributed by atoms with Crippen molar-refractivity contribution in [2.75, 3.05) is 11.4 Å². The second-order valence-corrected chi connectivity index (χ2v) is 5.51. The largest absolute Gasteiger partial charge is 0.363 e. The number of H-pyrrole nitrogens is 1. The fraction of sp³-hybridized carbons (Fsp3) is 0.235. The van der Waals surface area contributed by atoms with Crippen LogP contribution in [0.5, 0.6) is 0 Å². The van der Waals surface area contributed by atoms with E-state index in [2.05, 4.69) is 70.9 Å². The van der Waals surface area contributed by atoms with E-state index in [1.54, 1.807) is 0 Å². The Morgan fingerprint density at radius 1 is 1.10 bits per heavy atom. The highest BCUT2D eigenvalue weighted by Crippen LogP contribution is 2.35. The average molecular weight is 264 g/mol. The van der Waals surface area contributed by atoms with Crippen LogP contribution in [0.25, 0.3) is 11.0 Å². The molecule has 1 aliphatic heterocycles. The molecule has 0 radical (unpaired) electrons. The minimum Gasteiger partial charge on any atom is -0.241 e. The van der Waals surface area contributed by atoms with Crippen molar-refractivity contribution in [2.24, 2.45) is 7.05 Å². The van der Waals surface area contributed by atoms with Crippen LogP contribution in [0.4, 0.5) is 11.6 Å². The highest BCUT2D eigenvalue weighted by molar-refractivity contribution is 5.76. The molecule has 0 unspecified atom stereocenters. The lowest BCUT2D eigenvalue weighted by atomic mass is 10.1. The number of aryl methyl sites for hydroxylation is 2. The van der Waals surface area contributed by atoms with E-state index in [9.17, 15) is 0 Å². The SMILES string of the molecule is Cc1cccc2c1N(c1[nH]c3ccccc3[n+]1C)CC2. The summed E-state index contributed by atoms with van der Waals surface area (Å²) in [6.45, 7) is 3.24. The molecule has 0 atom stereocenters. The summed E-state index contributed by atoms with van der Waals surface area (Å²) < 4.78 is 2.25. The third-order valence-electron chi connectivity index (χ3n) is 4.28. The van der Waals surface area contributed by atoms with Gasteiger partial charge in [-0.1, -0.05) is 30.3 Å². The number of rotatable bonds is 1. The van der Waals surface area contributed by atoms with E-state index in [1.807, 2.05) is 0 Å². The average Bonchev–Trinajstić information content (AvgIpc) is 3.02. The van der Waals surface area contributed by atoms with Gasteiger partial charge in [0.15, 0.2) is 0 Å². The van der Waals surface area contributed by atoms with E-state index >= 15 is 0 Å². The standard InChI is InChI=1S/C17H17N3/c1-12-6-5-7-13-10-11-20(16(12)13)17-18-14-8-3-4-9-15(14)19(17)2/h3-9H,10-11H2,1-2H3/p+1. The molecule has 2 heterocycles. The van der Waals surface area contributed by atoms with Crippen LogP contribution in [0.15, 0.2) is 42.5 Å². The normalized spacial score (nSPS) is 14.0. The molecule has 2 aromatic carbocycles. The Bertz CT molecular complexity index is 801. The van der Waals surface area contributed by atoms with Crippen molar-refractivity contribution in [1.29, 1.82) is 0 Å². The predicted octanol–water partition coefficient (Wildman–Crippen LogP) is 3.00. The number of hydrogen-bond acceptors (Lipinski definition) is 1. The Hall–Kier alpha value is -2.29. The van der Waals surface area contributed by atoms with Crippen LogP contribution < -0.4 is 9.47 Å². The summed E-state index contributed by atoms with van der Waals surface area (Å²) in [5.74, 6) is 1.17. The Labute approximate surface area is 118 Å². The minimum atomic E-state index is 1.04. The summed E-state index contributed by atoms with van der Waals surface area (Å²) >= 11 is 0. The van der Waals surface area contributed by atoms with Gasteiger partial charge in [-0.2, -0.15) is 0 Å². The number of nitrogens with zero attached hydrogens (tertiary/aromatic N) is 2. The van der Waals surface area contributed by atoms with Gasteiger partial charge in [0.05, 0.1) is 13.6 Å². The maximum Gasteiger partial charge on any atom is 0.363 e. The molecular weight excluding hydrogens is 246 g/mol. The van der Waals surface area contributed by atoms with Crippen molar-refractivity contribution < 1.29 is 4.57 Å². The lowest BCUT2D eigenvalue weighted by Crippen LogP contribution is -2.35. The van der Waals surface area contributed by atoms with Crippen molar-refractivity contribution >= 4 is 22.7 Å². The minimum absolute atomic E-state index is 1.04. The van der Waals surface area contributed by atoms with Gasteiger partial charge < -0.3 is 0 Å². The first-order chi connectivity index (χ1) is 9.75. The van der Waals surface area contributed by atoms with Gasteiger partial charge >= 0.3 is 5.95 Å². The monoisotopic (exact) mass is 264 g/mol. The zero-order chi connectivity index (χ0) is 13.7. The first-order valence-electron chi connectivity index (χ1n) is 7.08. The number of para-hydroxylation sites is 3. The molecular formula is C17H18N3+. The van der Waals surface area contributed by atoms with Crippen molar-refractivity contribution in [1.82, 2.24) is 4.98 Å². The van der Waals surface area contributed by atoms with Crippen LogP contribution in [0, 0.1) is 6.92 Å². The van der Waals surface area contributed by atoms with Crippen LogP contribution in [-0.2, 0) is 13.5 Å². The molecule has 3 heteroatoms. The van der Waals surface area contributed by atoms with Gasteiger partial charge in [0.25, 0.3) is 0 Å². The highest BCUT2D eigenvalue weighted by Gasteiger charge is 2.31. The number of fused-ring (bicyclic) bond motifs is 2. The van der Waals surface area contributed by atoms with Gasteiger partial charge in [-0.25, -0.2) is 14.5 Å². The van der Waals surface area contributed by atoms with Crippen molar-refractivity contribution in [3.05, 3.63) is 53.6 Å². The van der Waals surface area contributed by atoms with Crippen molar-refractivity contribution in [3.8, 4) is 0 Å². The molecule has 100 valence electrons. The van der Waals surface area contributed by atoms with Crippen LogP contribution in [-0.4, -0.2) is 11.5 Å². The van der Waals surface area contributed by atoms with Gasteiger partial charge in [-0.05, 0) is 30.2 Å². The van der Waals surface area contributed by atoms with Crippen LogP contribution in [0.2, 0.25) is 0 Å². The summed E-state index contributed by atoms with van der Waals surface area (Å²) in [7, 11) is 2.13. The molecule has 3 aromatic rings. The molecule has 1 N–H and O–H groups in total. The summed E-state index contributed by atoms with van der Waals surface area (Å²) in [6, 6.07) is 15.0. The van der Waals surface area contributed by atoms with Crippen molar-refractivity contribution in [2.45, 2.75) is 13.3 Å². The Balaban J connectivity index is 1.92. The fourth-order valence-corrected chi connectivity index (χ4v) is 3.30. The number of imidazole rings is 1. The summed E-state index contributed by atoms with van der Waals surface area (Å²) in [6.07, 6.45) is 1.12. The number of benzene rings is 2. The van der Waals surface area contributed by atoms with E-state index in [4.69, 9.17) is 0 Å². The third-order valence-corrected chi connectivity index (χ3v) is 4.28. The van der Waals surface area contributed by atoms with Gasteiger partial charge in [0, 0.05) is 6.42 Å². The topological polar surface area (TPSA) is 22.9 Å². The predicted molar refractivity (Wildman–Crippen MR) is 81.4 cm³/mol. The molecule has 0 amide bonds. The number of aromatic amines is 1. The molecule has 1 aliphatic rings. The Kier molecular flexibility index (Phi) is 2.36. The first-order valence-corrected chi connectivity index (χ1v) is 7.08. The maximum atomic E-state index is 3.56. The number of hydrogen-bond donors (Lipinski definition) is 1. The van der Waals surface area contributed by atoms with Gasteiger partial charge in [0.1, 0.15) is 16.7 Å². The second-order valence-electron chi connectivity index (χ2n) is 5.51. The van der Waals surface area contributed by atoms with E-state index in [-0.39, 0.29) is 0 Å². The van der Waals surface area contributed by atoms with E-state index in [0.717, 1.165) is 13.0 Å². The smallest absolute Gasteiger partial charge is 0.241 e. The fourth-order valence-electron chi connectivity index (χ4n) is 3.30. The molecule has 3 nitrogen and oxygen atoms in total. The second kappa shape index (κ2) is 4.10.